The molecule has 1 aliphatic heterocycles. The van der Waals surface area contributed by atoms with Crippen LogP contribution in [0, 0.1) is 0 Å². The molecule has 0 radical (unpaired) electrons. The van der Waals surface area contributed by atoms with E-state index in [1.54, 1.807) is 68.4 Å². The second kappa shape index (κ2) is 15.0. The summed E-state index contributed by atoms with van der Waals surface area (Å²) in [5.41, 5.74) is 5.34. The Morgan fingerprint density at radius 1 is 1.00 bits per heavy atom. The van der Waals surface area contributed by atoms with Crippen LogP contribution in [0.4, 0.5) is 4.79 Å². The number of ether oxygens (including phenoxy) is 4. The Balaban J connectivity index is 1.29. The van der Waals surface area contributed by atoms with Gasteiger partial charge in [0.05, 0.1) is 37.1 Å². The van der Waals surface area contributed by atoms with E-state index in [0.717, 1.165) is 5.56 Å². The number of methoxy groups -OCH3 is 1. The summed E-state index contributed by atoms with van der Waals surface area (Å²) in [6, 6.07) is 17.0. The van der Waals surface area contributed by atoms with Crippen LogP contribution in [-0.4, -0.2) is 55.5 Å². The molecule has 3 aromatic rings. The van der Waals surface area contributed by atoms with Crippen molar-refractivity contribution in [3.63, 3.8) is 0 Å². The van der Waals surface area contributed by atoms with Gasteiger partial charge in [-0.25, -0.2) is 19.8 Å². The van der Waals surface area contributed by atoms with Crippen molar-refractivity contribution in [2.24, 2.45) is 5.10 Å². The molecule has 45 heavy (non-hydrogen) atoms. The molecular formula is C32H32N4O9. The second-order valence-electron chi connectivity index (χ2n) is 9.64. The number of hydrogen-bond donors (Lipinski definition) is 4. The monoisotopic (exact) mass is 616 g/mol. The van der Waals surface area contributed by atoms with Crippen molar-refractivity contribution in [3.05, 3.63) is 100 Å². The molecule has 234 valence electrons. The van der Waals surface area contributed by atoms with Crippen molar-refractivity contribution in [1.82, 2.24) is 16.1 Å². The van der Waals surface area contributed by atoms with Gasteiger partial charge in [-0.2, -0.15) is 5.10 Å². The summed E-state index contributed by atoms with van der Waals surface area (Å²) in [4.78, 5) is 48.0. The highest BCUT2D eigenvalue weighted by atomic mass is 16.5. The molecule has 4 N–H and O–H groups in total. The summed E-state index contributed by atoms with van der Waals surface area (Å²) in [6.07, 6.45) is 1.46. The van der Waals surface area contributed by atoms with Crippen molar-refractivity contribution in [3.8, 4) is 17.2 Å². The largest absolute Gasteiger partial charge is 0.493 e. The van der Waals surface area contributed by atoms with Crippen LogP contribution in [0.1, 0.15) is 46.9 Å². The summed E-state index contributed by atoms with van der Waals surface area (Å²) in [5, 5.41) is 18.2. The third-order valence-electron chi connectivity index (χ3n) is 6.53. The second-order valence-corrected chi connectivity index (χ2v) is 9.64. The number of nitrogens with one attached hydrogen (secondary N) is 3. The first-order valence-corrected chi connectivity index (χ1v) is 13.8. The first kappa shape index (κ1) is 32.1. The van der Waals surface area contributed by atoms with Gasteiger partial charge in [0.2, 0.25) is 0 Å². The average Bonchev–Trinajstić information content (AvgIpc) is 3.03. The third kappa shape index (κ3) is 8.60. The van der Waals surface area contributed by atoms with Crippen LogP contribution in [0.2, 0.25) is 0 Å². The van der Waals surface area contributed by atoms with Crippen LogP contribution in [0.5, 0.6) is 17.2 Å². The smallest absolute Gasteiger partial charge is 0.338 e. The highest BCUT2D eigenvalue weighted by molar-refractivity contribution is 5.95. The number of carboxylic acids is 1. The Hall–Kier alpha value is -5.85. The van der Waals surface area contributed by atoms with Crippen LogP contribution >= 0.6 is 0 Å². The number of hydrogen-bond acceptors (Lipinski definition) is 9. The lowest BCUT2D eigenvalue weighted by atomic mass is 9.95. The van der Waals surface area contributed by atoms with E-state index in [1.807, 2.05) is 0 Å². The van der Waals surface area contributed by atoms with E-state index in [4.69, 9.17) is 24.1 Å². The number of aromatic carboxylic acids is 1. The molecule has 0 bridgehead atoms. The number of carboxylic acid groups (broad SMARTS) is 1. The zero-order chi connectivity index (χ0) is 32.3. The minimum absolute atomic E-state index is 0.176. The predicted octanol–water partition coefficient (Wildman–Crippen LogP) is 3.69. The van der Waals surface area contributed by atoms with Gasteiger partial charge in [0.25, 0.3) is 5.91 Å². The SMILES string of the molecule is CCOC(=O)C1=C(C)NC(=O)N[C@H]1c1ccc(OCC(=O)N/N=C\c2ccc(OCc3ccc(C(=O)O)cc3)cc2)c(OC)c1. The average molecular weight is 617 g/mol. The summed E-state index contributed by atoms with van der Waals surface area (Å²) < 4.78 is 22.0. The van der Waals surface area contributed by atoms with E-state index in [1.165, 1.54) is 25.5 Å². The molecule has 13 heteroatoms. The lowest BCUT2D eigenvalue weighted by Crippen LogP contribution is -2.45. The third-order valence-corrected chi connectivity index (χ3v) is 6.53. The minimum atomic E-state index is -0.985. The van der Waals surface area contributed by atoms with Crippen LogP contribution in [0.15, 0.2) is 83.1 Å². The maximum absolute atomic E-state index is 12.6. The van der Waals surface area contributed by atoms with Gasteiger partial charge in [-0.1, -0.05) is 18.2 Å². The molecule has 3 amide bonds. The van der Waals surface area contributed by atoms with E-state index in [9.17, 15) is 19.2 Å². The number of urea groups is 1. The van der Waals surface area contributed by atoms with Gasteiger partial charge in [0.1, 0.15) is 12.4 Å². The first-order valence-electron chi connectivity index (χ1n) is 13.8. The van der Waals surface area contributed by atoms with Crippen molar-refractivity contribution >= 4 is 30.1 Å². The molecule has 3 aromatic carbocycles. The van der Waals surface area contributed by atoms with Gasteiger partial charge in [0, 0.05) is 5.70 Å². The normalized spacial score (nSPS) is 14.3. The number of nitrogens with zero attached hydrogens (tertiary/aromatic N) is 1. The number of carbonyl (C=O) groups is 4. The van der Waals surface area contributed by atoms with Crippen LogP contribution in [0.3, 0.4) is 0 Å². The van der Waals surface area contributed by atoms with Gasteiger partial charge < -0.3 is 34.7 Å². The lowest BCUT2D eigenvalue weighted by Gasteiger charge is -2.28. The van der Waals surface area contributed by atoms with E-state index in [2.05, 4.69) is 21.2 Å². The summed E-state index contributed by atoms with van der Waals surface area (Å²) >= 11 is 0. The van der Waals surface area contributed by atoms with Crippen LogP contribution in [0.25, 0.3) is 0 Å². The topological polar surface area (TPSA) is 174 Å². The molecule has 1 aliphatic rings. The molecule has 0 aromatic heterocycles. The maximum atomic E-state index is 12.6. The lowest BCUT2D eigenvalue weighted by molar-refractivity contribution is -0.139. The van der Waals surface area contributed by atoms with Gasteiger partial charge in [-0.3, -0.25) is 4.79 Å². The number of benzene rings is 3. The minimum Gasteiger partial charge on any atom is -0.493 e. The van der Waals surface area contributed by atoms with E-state index < -0.39 is 29.9 Å². The standard InChI is InChI=1S/C32H32N4O9/c1-4-43-31(40)28-19(2)34-32(41)35-29(28)23-11-14-25(26(15-23)42-3)45-18-27(37)36-33-16-20-7-12-24(13-8-20)44-17-21-5-9-22(10-6-21)30(38)39/h5-16,29H,4,17-18H2,1-3H3,(H,36,37)(H,38,39)(H2,34,35,41)/b33-16-/t29-/m0/s1. The number of hydrazone groups is 1. The fourth-order valence-corrected chi connectivity index (χ4v) is 4.32. The Labute approximate surface area is 258 Å². The van der Waals surface area contributed by atoms with Gasteiger partial charge in [0.15, 0.2) is 18.1 Å². The summed E-state index contributed by atoms with van der Waals surface area (Å²) in [6.45, 7) is 3.40. The number of allylic oxidation sites excluding steroid dienone is 1. The Kier molecular flexibility index (Phi) is 10.7. The molecule has 1 atom stereocenters. The maximum Gasteiger partial charge on any atom is 0.338 e. The summed E-state index contributed by atoms with van der Waals surface area (Å²) in [7, 11) is 1.43. The fourth-order valence-electron chi connectivity index (χ4n) is 4.32. The number of carbonyl (C=O) groups excluding carboxylic acids is 3. The zero-order valence-corrected chi connectivity index (χ0v) is 24.8. The van der Waals surface area contributed by atoms with E-state index >= 15 is 0 Å². The predicted molar refractivity (Wildman–Crippen MR) is 162 cm³/mol. The van der Waals surface area contributed by atoms with Gasteiger partial charge in [-0.15, -0.1) is 0 Å². The van der Waals surface area contributed by atoms with Gasteiger partial charge in [-0.05, 0) is 79.1 Å². The Morgan fingerprint density at radius 2 is 1.73 bits per heavy atom. The number of amides is 3. The van der Waals surface area contributed by atoms with Crippen LogP contribution < -0.4 is 30.3 Å². The van der Waals surface area contributed by atoms with Crippen molar-refractivity contribution < 1.29 is 43.2 Å². The van der Waals surface area contributed by atoms with E-state index in [0.29, 0.717) is 22.6 Å². The van der Waals surface area contributed by atoms with Crippen molar-refractivity contribution in [1.29, 1.82) is 0 Å². The first-order chi connectivity index (χ1) is 21.7. The Morgan fingerprint density at radius 3 is 2.40 bits per heavy atom. The molecule has 0 spiro atoms. The molecule has 4 rings (SSSR count). The van der Waals surface area contributed by atoms with Crippen molar-refractivity contribution in [2.75, 3.05) is 20.3 Å². The summed E-state index contributed by atoms with van der Waals surface area (Å²) in [5.74, 6) is -0.890. The molecule has 0 saturated heterocycles. The molecule has 0 unspecified atom stereocenters. The molecular weight excluding hydrogens is 584 g/mol. The molecule has 0 fully saturated rings. The molecule has 0 aliphatic carbocycles. The number of rotatable bonds is 13. The quantitative estimate of drug-likeness (QED) is 0.127. The highest BCUT2D eigenvalue weighted by Crippen LogP contribution is 2.34. The van der Waals surface area contributed by atoms with Crippen LogP contribution in [-0.2, 0) is 20.9 Å². The van der Waals surface area contributed by atoms with Crippen molar-refractivity contribution in [2.45, 2.75) is 26.5 Å². The van der Waals surface area contributed by atoms with Gasteiger partial charge >= 0.3 is 18.0 Å². The molecule has 0 saturated carbocycles. The molecule has 1 heterocycles. The zero-order valence-electron chi connectivity index (χ0n) is 24.8. The number of esters is 1. The molecule has 13 nitrogen and oxygen atoms in total. The fraction of sp³-hybridized carbons (Fsp3) is 0.219. The Bertz CT molecular complexity index is 1620. The highest BCUT2D eigenvalue weighted by Gasteiger charge is 2.32. The van der Waals surface area contributed by atoms with E-state index in [-0.39, 0.29) is 42.5 Å².